The van der Waals surface area contributed by atoms with Gasteiger partial charge in [-0.15, -0.1) is 0 Å². The first kappa shape index (κ1) is 17.0. The maximum Gasteiger partial charge on any atom is 0.246 e. The van der Waals surface area contributed by atoms with E-state index >= 15 is 0 Å². The minimum atomic E-state index is 0.115. The molecular weight excluding hydrogens is 296 g/mol. The fourth-order valence-electron chi connectivity index (χ4n) is 2.83. The molecule has 1 fully saturated rings. The van der Waals surface area contributed by atoms with Crippen LogP contribution in [-0.4, -0.2) is 48.9 Å². The lowest BCUT2D eigenvalue weighted by molar-refractivity contribution is -0.128. The second-order valence-electron chi connectivity index (χ2n) is 6.16. The van der Waals surface area contributed by atoms with Crippen LogP contribution in [-0.2, 0) is 4.79 Å². The molecule has 2 rings (SSSR count). The maximum absolute atomic E-state index is 12.6. The first-order valence-electron chi connectivity index (χ1n) is 7.95. The van der Waals surface area contributed by atoms with Gasteiger partial charge < -0.3 is 9.80 Å². The highest BCUT2D eigenvalue weighted by Gasteiger charge is 2.25. The number of rotatable bonds is 6. The molecule has 1 aromatic carbocycles. The summed E-state index contributed by atoms with van der Waals surface area (Å²) in [6, 6.07) is 7.93. The molecule has 1 aliphatic rings. The molecule has 0 radical (unpaired) electrons. The van der Waals surface area contributed by atoms with Crippen LogP contribution in [0.1, 0.15) is 31.2 Å². The second kappa shape index (κ2) is 8.35. The summed E-state index contributed by atoms with van der Waals surface area (Å²) in [4.78, 5) is 16.7. The molecular formula is C18H25ClN2O. The molecule has 0 heterocycles. The first-order chi connectivity index (χ1) is 10.6. The van der Waals surface area contributed by atoms with E-state index < -0.39 is 0 Å². The number of hydrogen-bond donors (Lipinski definition) is 0. The Kier molecular flexibility index (Phi) is 6.47. The standard InChI is InChI=1S/C18H25ClN2O/c1-20(2)13-14-21(17-5-3-4-6-17)18(22)12-9-15-7-10-16(19)11-8-15/h7-12,17H,3-6,13-14H2,1-2H3/b12-9+. The predicted molar refractivity (Wildman–Crippen MR) is 93.0 cm³/mol. The monoisotopic (exact) mass is 320 g/mol. The Morgan fingerprint density at radius 3 is 2.41 bits per heavy atom. The summed E-state index contributed by atoms with van der Waals surface area (Å²) in [7, 11) is 4.09. The number of carbonyl (C=O) groups is 1. The Balaban J connectivity index is 2.02. The van der Waals surface area contributed by atoms with Gasteiger partial charge in [-0.25, -0.2) is 0 Å². The van der Waals surface area contributed by atoms with Crippen LogP contribution in [0.3, 0.4) is 0 Å². The van der Waals surface area contributed by atoms with E-state index in [1.54, 1.807) is 6.08 Å². The van der Waals surface area contributed by atoms with Crippen LogP contribution < -0.4 is 0 Å². The van der Waals surface area contributed by atoms with Crippen LogP contribution in [0.15, 0.2) is 30.3 Å². The highest BCUT2D eigenvalue weighted by Crippen LogP contribution is 2.23. The average Bonchev–Trinajstić information content (AvgIpc) is 3.00. The van der Waals surface area contributed by atoms with Gasteiger partial charge in [0.1, 0.15) is 0 Å². The van der Waals surface area contributed by atoms with Gasteiger partial charge in [0, 0.05) is 30.2 Å². The molecule has 0 aliphatic heterocycles. The van der Waals surface area contributed by atoms with Gasteiger partial charge in [-0.3, -0.25) is 4.79 Å². The molecule has 0 N–H and O–H groups in total. The van der Waals surface area contributed by atoms with E-state index in [0.717, 1.165) is 31.5 Å². The van der Waals surface area contributed by atoms with Crippen LogP contribution in [0, 0.1) is 0 Å². The van der Waals surface area contributed by atoms with E-state index in [-0.39, 0.29) is 5.91 Å². The van der Waals surface area contributed by atoms with Crippen molar-refractivity contribution in [1.82, 2.24) is 9.80 Å². The second-order valence-corrected chi connectivity index (χ2v) is 6.59. The van der Waals surface area contributed by atoms with Crippen LogP contribution in [0.5, 0.6) is 0 Å². The van der Waals surface area contributed by atoms with Crippen molar-refractivity contribution in [3.63, 3.8) is 0 Å². The number of nitrogens with zero attached hydrogens (tertiary/aromatic N) is 2. The number of likely N-dealkylation sites (N-methyl/N-ethyl adjacent to an activating group) is 1. The lowest BCUT2D eigenvalue weighted by Crippen LogP contribution is -2.41. The molecule has 0 spiro atoms. The predicted octanol–water partition coefficient (Wildman–Crippen LogP) is 3.69. The van der Waals surface area contributed by atoms with Gasteiger partial charge >= 0.3 is 0 Å². The highest BCUT2D eigenvalue weighted by molar-refractivity contribution is 6.30. The summed E-state index contributed by atoms with van der Waals surface area (Å²) in [6.07, 6.45) is 8.30. The Bertz CT molecular complexity index is 504. The molecule has 1 amide bonds. The van der Waals surface area contributed by atoms with Gasteiger partial charge in [0.25, 0.3) is 0 Å². The van der Waals surface area contributed by atoms with Gasteiger partial charge in [0.05, 0.1) is 0 Å². The number of carbonyl (C=O) groups excluding carboxylic acids is 1. The van der Waals surface area contributed by atoms with Crippen molar-refractivity contribution < 1.29 is 4.79 Å². The van der Waals surface area contributed by atoms with Gasteiger partial charge in [-0.05, 0) is 50.7 Å². The summed E-state index contributed by atoms with van der Waals surface area (Å²) < 4.78 is 0. The molecule has 0 unspecified atom stereocenters. The summed E-state index contributed by atoms with van der Waals surface area (Å²) in [5.74, 6) is 0.115. The summed E-state index contributed by atoms with van der Waals surface area (Å²) in [5.41, 5.74) is 0.997. The number of halogens is 1. The van der Waals surface area contributed by atoms with Crippen molar-refractivity contribution in [1.29, 1.82) is 0 Å². The minimum absolute atomic E-state index is 0.115. The molecule has 1 saturated carbocycles. The molecule has 1 aliphatic carbocycles. The van der Waals surface area contributed by atoms with E-state index in [4.69, 9.17) is 11.6 Å². The quantitative estimate of drug-likeness (QED) is 0.746. The van der Waals surface area contributed by atoms with Crippen molar-refractivity contribution in [2.45, 2.75) is 31.7 Å². The number of amides is 1. The maximum atomic E-state index is 12.6. The average molecular weight is 321 g/mol. The van der Waals surface area contributed by atoms with Gasteiger partial charge in [-0.1, -0.05) is 36.6 Å². The Hall–Kier alpha value is -1.32. The van der Waals surface area contributed by atoms with Crippen LogP contribution >= 0.6 is 11.6 Å². The van der Waals surface area contributed by atoms with E-state index in [9.17, 15) is 4.79 Å². The van der Waals surface area contributed by atoms with Gasteiger partial charge in [0.2, 0.25) is 5.91 Å². The summed E-state index contributed by atoms with van der Waals surface area (Å²) in [6.45, 7) is 1.69. The fourth-order valence-corrected chi connectivity index (χ4v) is 2.96. The zero-order chi connectivity index (χ0) is 15.9. The molecule has 0 aromatic heterocycles. The Morgan fingerprint density at radius 2 is 1.82 bits per heavy atom. The van der Waals surface area contributed by atoms with E-state index in [0.29, 0.717) is 11.1 Å². The van der Waals surface area contributed by atoms with Crippen molar-refractivity contribution >= 4 is 23.6 Å². The molecule has 0 saturated heterocycles. The zero-order valence-electron chi connectivity index (χ0n) is 13.5. The topological polar surface area (TPSA) is 23.6 Å². The minimum Gasteiger partial charge on any atom is -0.335 e. The highest BCUT2D eigenvalue weighted by atomic mass is 35.5. The fraction of sp³-hybridized carbons (Fsp3) is 0.500. The third-order valence-electron chi connectivity index (χ3n) is 4.13. The van der Waals surface area contributed by atoms with Crippen molar-refractivity contribution in [3.8, 4) is 0 Å². The normalized spacial score (nSPS) is 15.8. The number of benzene rings is 1. The summed E-state index contributed by atoms with van der Waals surface area (Å²) >= 11 is 5.88. The van der Waals surface area contributed by atoms with Crippen molar-refractivity contribution in [3.05, 3.63) is 40.9 Å². The molecule has 0 bridgehead atoms. The molecule has 4 heteroatoms. The SMILES string of the molecule is CN(C)CCN(C(=O)/C=C/c1ccc(Cl)cc1)C1CCCC1. The van der Waals surface area contributed by atoms with Crippen molar-refractivity contribution in [2.75, 3.05) is 27.2 Å². The van der Waals surface area contributed by atoms with E-state index in [1.165, 1.54) is 12.8 Å². The van der Waals surface area contributed by atoms with Crippen LogP contribution in [0.25, 0.3) is 6.08 Å². The zero-order valence-corrected chi connectivity index (χ0v) is 14.2. The third kappa shape index (κ3) is 5.15. The smallest absolute Gasteiger partial charge is 0.246 e. The van der Waals surface area contributed by atoms with Gasteiger partial charge in [0.15, 0.2) is 0 Å². The lowest BCUT2D eigenvalue weighted by Gasteiger charge is -2.29. The third-order valence-corrected chi connectivity index (χ3v) is 4.38. The van der Waals surface area contributed by atoms with Gasteiger partial charge in [-0.2, -0.15) is 0 Å². The molecule has 3 nitrogen and oxygen atoms in total. The van der Waals surface area contributed by atoms with Crippen molar-refractivity contribution in [2.24, 2.45) is 0 Å². The summed E-state index contributed by atoms with van der Waals surface area (Å²) in [5, 5.41) is 0.710. The molecule has 120 valence electrons. The van der Waals surface area contributed by atoms with Crippen LogP contribution in [0.4, 0.5) is 0 Å². The van der Waals surface area contributed by atoms with Crippen LogP contribution in [0.2, 0.25) is 5.02 Å². The number of hydrogen-bond acceptors (Lipinski definition) is 2. The van der Waals surface area contributed by atoms with E-state index in [2.05, 4.69) is 4.90 Å². The first-order valence-corrected chi connectivity index (χ1v) is 8.33. The lowest BCUT2D eigenvalue weighted by atomic mass is 10.1. The molecule has 22 heavy (non-hydrogen) atoms. The Morgan fingerprint density at radius 1 is 1.18 bits per heavy atom. The Labute approximate surface area is 138 Å². The molecule has 1 aromatic rings. The van der Waals surface area contributed by atoms with E-state index in [1.807, 2.05) is 49.3 Å². The molecule has 0 atom stereocenters. The largest absolute Gasteiger partial charge is 0.335 e.